The van der Waals surface area contributed by atoms with Crippen molar-refractivity contribution >= 4 is 39.9 Å². The molecule has 0 radical (unpaired) electrons. The number of halogens is 1. The van der Waals surface area contributed by atoms with Gasteiger partial charge in [0.25, 0.3) is 11.8 Å². The number of hydrogen-bond acceptors (Lipinski definition) is 6. The highest BCUT2D eigenvalue weighted by molar-refractivity contribution is 9.10. The molecule has 8 nitrogen and oxygen atoms in total. The van der Waals surface area contributed by atoms with Gasteiger partial charge < -0.3 is 14.6 Å². The van der Waals surface area contributed by atoms with Gasteiger partial charge in [0.15, 0.2) is 11.5 Å². The lowest BCUT2D eigenvalue weighted by Crippen LogP contribution is -2.28. The number of nitrogens with zero attached hydrogens (tertiary/aromatic N) is 2. The first kappa shape index (κ1) is 22.3. The molecule has 34 heavy (non-hydrogen) atoms. The monoisotopic (exact) mass is 524 g/mol. The third-order valence-electron chi connectivity index (χ3n) is 6.61. The van der Waals surface area contributed by atoms with Gasteiger partial charge in [-0.15, -0.1) is 0 Å². The summed E-state index contributed by atoms with van der Waals surface area (Å²) < 4.78 is 11.9. The fourth-order valence-corrected chi connectivity index (χ4v) is 5.42. The van der Waals surface area contributed by atoms with Gasteiger partial charge in [-0.2, -0.15) is 10.1 Å². The molecule has 1 aliphatic heterocycles. The Morgan fingerprint density at radius 3 is 2.50 bits per heavy atom. The van der Waals surface area contributed by atoms with Crippen LogP contribution in [0.5, 0.6) is 11.5 Å². The third kappa shape index (κ3) is 3.79. The van der Waals surface area contributed by atoms with Gasteiger partial charge in [0.05, 0.1) is 30.7 Å². The molecule has 3 aliphatic rings. The van der Waals surface area contributed by atoms with E-state index in [1.54, 1.807) is 30.3 Å². The van der Waals surface area contributed by atoms with Crippen LogP contribution in [0.3, 0.4) is 0 Å². The fraction of sp³-hybridized carbons (Fsp3) is 0.280. The molecule has 2 aromatic carbocycles. The van der Waals surface area contributed by atoms with E-state index in [1.165, 1.54) is 19.4 Å². The molecule has 174 valence electrons. The predicted octanol–water partition coefficient (Wildman–Crippen LogP) is 3.88. The molecule has 2 bridgehead atoms. The molecule has 1 N–H and O–H groups in total. The maximum absolute atomic E-state index is 12.8. The highest BCUT2D eigenvalue weighted by Crippen LogP contribution is 2.52. The Labute approximate surface area is 204 Å². The average molecular weight is 525 g/mol. The van der Waals surface area contributed by atoms with Crippen LogP contribution in [-0.4, -0.2) is 41.2 Å². The molecule has 2 fully saturated rings. The Balaban J connectivity index is 1.32. The minimum atomic E-state index is -1.01. The minimum Gasteiger partial charge on any atom is -0.493 e. The molecule has 1 saturated heterocycles. The van der Waals surface area contributed by atoms with Gasteiger partial charge in [-0.05, 0) is 64.0 Å². The molecule has 9 heteroatoms. The number of carboxylic acids is 1. The minimum absolute atomic E-state index is 0.131. The van der Waals surface area contributed by atoms with Gasteiger partial charge in [0.1, 0.15) is 6.61 Å². The van der Waals surface area contributed by atoms with Crippen molar-refractivity contribution in [2.24, 2.45) is 28.8 Å². The van der Waals surface area contributed by atoms with Crippen molar-refractivity contribution in [2.75, 3.05) is 7.11 Å². The zero-order valence-corrected chi connectivity index (χ0v) is 19.8. The van der Waals surface area contributed by atoms with Crippen molar-refractivity contribution in [3.63, 3.8) is 0 Å². The lowest BCUT2D eigenvalue weighted by molar-refractivity contribution is -0.140. The number of carboxylic acid groups (broad SMARTS) is 1. The Morgan fingerprint density at radius 2 is 1.85 bits per heavy atom. The van der Waals surface area contributed by atoms with Gasteiger partial charge in [-0.1, -0.05) is 24.3 Å². The highest BCUT2D eigenvalue weighted by Gasteiger charge is 2.59. The van der Waals surface area contributed by atoms with E-state index in [4.69, 9.17) is 14.6 Å². The van der Waals surface area contributed by atoms with Crippen LogP contribution < -0.4 is 9.47 Å². The number of aromatic carboxylic acids is 1. The van der Waals surface area contributed by atoms with Crippen molar-refractivity contribution in [3.05, 3.63) is 69.7 Å². The number of carbonyl (C=O) groups excluding carboxylic acids is 2. The number of imide groups is 1. The van der Waals surface area contributed by atoms with Crippen molar-refractivity contribution in [1.82, 2.24) is 5.01 Å². The summed E-state index contributed by atoms with van der Waals surface area (Å²) in [5.74, 6) is -0.953. The van der Waals surface area contributed by atoms with Gasteiger partial charge in [0, 0.05) is 10.0 Å². The van der Waals surface area contributed by atoms with E-state index in [0.717, 1.165) is 11.4 Å². The number of hydrogen-bond donors (Lipinski definition) is 1. The van der Waals surface area contributed by atoms with E-state index in [-0.39, 0.29) is 47.7 Å². The third-order valence-corrected chi connectivity index (χ3v) is 7.30. The van der Waals surface area contributed by atoms with Crippen molar-refractivity contribution in [3.8, 4) is 11.5 Å². The summed E-state index contributed by atoms with van der Waals surface area (Å²) in [6.07, 6.45) is 6.42. The smallest absolute Gasteiger partial charge is 0.335 e. The number of fused-ring (bicyclic) bond motifs is 5. The van der Waals surface area contributed by atoms with Crippen LogP contribution in [0.2, 0.25) is 0 Å². The molecule has 0 unspecified atom stereocenters. The molecule has 0 aromatic heterocycles. The van der Waals surface area contributed by atoms with E-state index in [1.807, 2.05) is 12.2 Å². The normalized spacial score (nSPS) is 24.8. The van der Waals surface area contributed by atoms with E-state index in [0.29, 0.717) is 27.1 Å². The molecule has 2 aliphatic carbocycles. The molecule has 0 spiro atoms. The SMILES string of the molecule is COc1cc(C=NN2C(=O)[C@@H]3[C@H](C2=O)[C@H]2C=C[C@H]3C2)c(Br)cc1OCc1cccc(C(=O)O)c1. The lowest BCUT2D eigenvalue weighted by Gasteiger charge is -2.14. The van der Waals surface area contributed by atoms with Crippen molar-refractivity contribution in [2.45, 2.75) is 13.0 Å². The maximum Gasteiger partial charge on any atom is 0.335 e. The molecular weight excluding hydrogens is 504 g/mol. The number of benzene rings is 2. The average Bonchev–Trinajstić information content (AvgIpc) is 3.51. The summed E-state index contributed by atoms with van der Waals surface area (Å²) in [4.78, 5) is 36.8. The largest absolute Gasteiger partial charge is 0.493 e. The van der Waals surface area contributed by atoms with Crippen LogP contribution in [0.25, 0.3) is 0 Å². The molecule has 5 rings (SSSR count). The second-order valence-corrected chi connectivity index (χ2v) is 9.41. The topological polar surface area (TPSA) is 106 Å². The zero-order valence-electron chi connectivity index (χ0n) is 18.2. The van der Waals surface area contributed by atoms with E-state index in [9.17, 15) is 14.4 Å². The number of methoxy groups -OCH3 is 1. The van der Waals surface area contributed by atoms with Crippen LogP contribution in [0.15, 0.2) is 58.1 Å². The molecule has 1 saturated carbocycles. The first-order valence-corrected chi connectivity index (χ1v) is 11.6. The van der Waals surface area contributed by atoms with E-state index in [2.05, 4.69) is 21.0 Å². The number of rotatable bonds is 7. The fourth-order valence-electron chi connectivity index (χ4n) is 5.00. The predicted molar refractivity (Wildman–Crippen MR) is 126 cm³/mol. The summed E-state index contributed by atoms with van der Waals surface area (Å²) in [7, 11) is 1.50. The summed E-state index contributed by atoms with van der Waals surface area (Å²) in [6.45, 7) is 0.146. The quantitative estimate of drug-likeness (QED) is 0.334. The van der Waals surface area contributed by atoms with Crippen LogP contribution in [0.4, 0.5) is 0 Å². The van der Waals surface area contributed by atoms with Crippen LogP contribution >= 0.6 is 15.9 Å². The van der Waals surface area contributed by atoms with Crippen molar-refractivity contribution in [1.29, 1.82) is 0 Å². The number of allylic oxidation sites excluding steroid dienone is 2. The highest BCUT2D eigenvalue weighted by atomic mass is 79.9. The number of hydrazone groups is 1. The summed E-state index contributed by atoms with van der Waals surface area (Å²) in [6, 6.07) is 9.89. The molecule has 1 heterocycles. The number of carbonyl (C=O) groups is 3. The summed E-state index contributed by atoms with van der Waals surface area (Å²) in [5, 5.41) is 14.4. The maximum atomic E-state index is 12.8. The van der Waals surface area contributed by atoms with Crippen LogP contribution in [0, 0.1) is 23.7 Å². The van der Waals surface area contributed by atoms with Gasteiger partial charge >= 0.3 is 5.97 Å². The molecular formula is C25H21BrN2O6. The first-order chi connectivity index (χ1) is 16.4. The Hall–Kier alpha value is -3.46. The molecule has 2 amide bonds. The number of ether oxygens (including phenoxy) is 2. The number of amides is 2. The van der Waals surface area contributed by atoms with E-state index >= 15 is 0 Å². The molecule has 4 atom stereocenters. The Morgan fingerprint density at radius 1 is 1.15 bits per heavy atom. The van der Waals surface area contributed by atoms with E-state index < -0.39 is 5.97 Å². The Bertz CT molecular complexity index is 1230. The van der Waals surface area contributed by atoms with Crippen molar-refractivity contribution < 1.29 is 29.0 Å². The molecule has 2 aromatic rings. The summed E-state index contributed by atoms with van der Waals surface area (Å²) in [5.41, 5.74) is 1.49. The lowest BCUT2D eigenvalue weighted by atomic mass is 9.85. The summed E-state index contributed by atoms with van der Waals surface area (Å²) >= 11 is 3.48. The Kier molecular flexibility index (Phi) is 5.73. The van der Waals surface area contributed by atoms with Gasteiger partial charge in [-0.25, -0.2) is 4.79 Å². The van der Waals surface area contributed by atoms with Crippen LogP contribution in [0.1, 0.15) is 27.9 Å². The van der Waals surface area contributed by atoms with Crippen LogP contribution in [-0.2, 0) is 16.2 Å². The van der Waals surface area contributed by atoms with Gasteiger partial charge in [-0.3, -0.25) is 9.59 Å². The zero-order chi connectivity index (χ0) is 24.0. The second-order valence-electron chi connectivity index (χ2n) is 8.55. The first-order valence-electron chi connectivity index (χ1n) is 10.8. The van der Waals surface area contributed by atoms with Gasteiger partial charge in [0.2, 0.25) is 0 Å². The standard InChI is InChI=1S/C25H21BrN2O6/c1-33-19-9-17(11-27-28-23(29)21-14-5-6-15(8-14)22(21)24(28)30)18(26)10-20(19)34-12-13-3-2-4-16(7-13)25(31)32/h2-7,9-11,14-15,21-22H,8,12H2,1H3,(H,31,32)/t14-,15-,21-,22+/m0/s1. The second kappa shape index (κ2) is 8.72.